The number of fused-ring (bicyclic) bond motifs is 1. The molecule has 1 N–H and O–H groups in total. The maximum Gasteiger partial charge on any atom is 0.261 e. The lowest BCUT2D eigenvalue weighted by atomic mass is 10.2. The number of nitrogens with one attached hydrogen (secondary N) is 1. The van der Waals surface area contributed by atoms with Crippen LogP contribution in [0.2, 0.25) is 5.02 Å². The number of amides is 1. The zero-order valence-electron chi connectivity index (χ0n) is 14.3. The van der Waals surface area contributed by atoms with Gasteiger partial charge in [-0.15, -0.1) is 0 Å². The van der Waals surface area contributed by atoms with Crippen LogP contribution in [-0.4, -0.2) is 15.5 Å². The van der Waals surface area contributed by atoms with E-state index in [2.05, 4.69) is 10.3 Å². The third-order valence-electron chi connectivity index (χ3n) is 4.62. The molecule has 132 valence electrons. The Balaban J connectivity index is 1.78. The van der Waals surface area contributed by atoms with Crippen LogP contribution in [0.25, 0.3) is 10.9 Å². The van der Waals surface area contributed by atoms with Crippen molar-refractivity contribution in [3.05, 3.63) is 69.2 Å². The minimum absolute atomic E-state index is 0.0454. The normalized spacial score (nSPS) is 13.8. The van der Waals surface area contributed by atoms with Crippen LogP contribution < -0.4 is 10.9 Å². The Morgan fingerprint density at radius 1 is 1.27 bits per heavy atom. The summed E-state index contributed by atoms with van der Waals surface area (Å²) >= 11 is 6.28. The molecular weight excluding hydrogens is 350 g/mol. The molecule has 2 aromatic carbocycles. The molecule has 4 rings (SSSR count). The molecule has 26 heavy (non-hydrogen) atoms. The summed E-state index contributed by atoms with van der Waals surface area (Å²) in [6, 6.07) is 13.0. The van der Waals surface area contributed by atoms with Gasteiger partial charge in [0.05, 0.1) is 28.2 Å². The van der Waals surface area contributed by atoms with Crippen LogP contribution in [0.15, 0.2) is 47.3 Å². The SMILES string of the molecule is Cc1nc2cc(Cl)c(NC(=O)C3CC3)cc2c(=O)n1Cc1ccccc1. The van der Waals surface area contributed by atoms with Gasteiger partial charge < -0.3 is 5.32 Å². The molecule has 0 unspecified atom stereocenters. The van der Waals surface area contributed by atoms with Crippen molar-refractivity contribution in [2.24, 2.45) is 5.92 Å². The summed E-state index contributed by atoms with van der Waals surface area (Å²) in [7, 11) is 0. The van der Waals surface area contributed by atoms with Gasteiger partial charge >= 0.3 is 0 Å². The second kappa shape index (κ2) is 6.57. The first-order valence-corrected chi connectivity index (χ1v) is 8.96. The molecule has 1 aliphatic rings. The van der Waals surface area contributed by atoms with Crippen molar-refractivity contribution in [1.29, 1.82) is 0 Å². The highest BCUT2D eigenvalue weighted by Crippen LogP contribution is 2.32. The van der Waals surface area contributed by atoms with Gasteiger partial charge in [-0.2, -0.15) is 0 Å². The highest BCUT2D eigenvalue weighted by Gasteiger charge is 2.30. The number of nitrogens with zero attached hydrogens (tertiary/aromatic N) is 2. The van der Waals surface area contributed by atoms with E-state index in [0.717, 1.165) is 18.4 Å². The summed E-state index contributed by atoms with van der Waals surface area (Å²) in [6.45, 7) is 2.25. The Bertz CT molecular complexity index is 1060. The molecule has 0 atom stereocenters. The number of hydrogen-bond donors (Lipinski definition) is 1. The largest absolute Gasteiger partial charge is 0.325 e. The summed E-state index contributed by atoms with van der Waals surface area (Å²) in [4.78, 5) is 29.6. The minimum Gasteiger partial charge on any atom is -0.325 e. The van der Waals surface area contributed by atoms with Crippen LogP contribution in [0.4, 0.5) is 5.69 Å². The van der Waals surface area contributed by atoms with Crippen LogP contribution >= 0.6 is 11.6 Å². The van der Waals surface area contributed by atoms with E-state index >= 15 is 0 Å². The third-order valence-corrected chi connectivity index (χ3v) is 4.94. The predicted octanol–water partition coefficient (Wildman–Crippen LogP) is 3.76. The van der Waals surface area contributed by atoms with Crippen LogP contribution in [0.5, 0.6) is 0 Å². The fraction of sp³-hybridized carbons (Fsp3) is 0.250. The van der Waals surface area contributed by atoms with Crippen LogP contribution in [0.3, 0.4) is 0 Å². The molecule has 0 spiro atoms. The van der Waals surface area contributed by atoms with E-state index in [0.29, 0.717) is 34.0 Å². The summed E-state index contributed by atoms with van der Waals surface area (Å²) in [5.41, 5.74) is 1.88. The molecule has 1 aromatic heterocycles. The van der Waals surface area contributed by atoms with Gasteiger partial charge in [0.25, 0.3) is 5.56 Å². The summed E-state index contributed by atoms with van der Waals surface area (Å²) in [6.07, 6.45) is 1.81. The molecular formula is C20H18ClN3O2. The van der Waals surface area contributed by atoms with Gasteiger partial charge in [-0.05, 0) is 37.5 Å². The number of hydrogen-bond acceptors (Lipinski definition) is 3. The van der Waals surface area contributed by atoms with E-state index in [1.54, 1.807) is 23.6 Å². The van der Waals surface area contributed by atoms with E-state index in [1.165, 1.54) is 0 Å². The number of anilines is 1. The molecule has 1 saturated carbocycles. The van der Waals surface area contributed by atoms with Gasteiger partial charge in [0.15, 0.2) is 0 Å². The number of carbonyl (C=O) groups excluding carboxylic acids is 1. The molecule has 0 saturated heterocycles. The van der Waals surface area contributed by atoms with E-state index in [9.17, 15) is 9.59 Å². The number of carbonyl (C=O) groups is 1. The molecule has 0 bridgehead atoms. The third kappa shape index (κ3) is 3.22. The Labute approximate surface area is 155 Å². The molecule has 0 radical (unpaired) electrons. The van der Waals surface area contributed by atoms with Crippen molar-refractivity contribution in [1.82, 2.24) is 9.55 Å². The fourth-order valence-corrected chi connectivity index (χ4v) is 3.19. The van der Waals surface area contributed by atoms with Crippen LogP contribution in [0.1, 0.15) is 24.2 Å². The van der Waals surface area contributed by atoms with E-state index in [-0.39, 0.29) is 17.4 Å². The molecule has 6 heteroatoms. The topological polar surface area (TPSA) is 64.0 Å². The minimum atomic E-state index is -0.144. The Hall–Kier alpha value is -2.66. The Morgan fingerprint density at radius 2 is 2.00 bits per heavy atom. The van der Waals surface area contributed by atoms with Crippen LogP contribution in [0, 0.1) is 12.8 Å². The monoisotopic (exact) mass is 367 g/mol. The first kappa shape index (κ1) is 16.8. The smallest absolute Gasteiger partial charge is 0.261 e. The van der Waals surface area contributed by atoms with Crippen molar-refractivity contribution >= 4 is 34.1 Å². The molecule has 1 fully saturated rings. The highest BCUT2D eigenvalue weighted by atomic mass is 35.5. The van der Waals surface area contributed by atoms with E-state index < -0.39 is 0 Å². The van der Waals surface area contributed by atoms with Crippen molar-refractivity contribution in [3.8, 4) is 0 Å². The van der Waals surface area contributed by atoms with Crippen molar-refractivity contribution in [2.45, 2.75) is 26.3 Å². The van der Waals surface area contributed by atoms with Crippen LogP contribution in [-0.2, 0) is 11.3 Å². The second-order valence-corrected chi connectivity index (χ2v) is 7.06. The zero-order valence-corrected chi connectivity index (χ0v) is 15.1. The van der Waals surface area contributed by atoms with Gasteiger partial charge in [-0.1, -0.05) is 41.9 Å². The Kier molecular flexibility index (Phi) is 4.24. The van der Waals surface area contributed by atoms with Gasteiger partial charge in [0.1, 0.15) is 5.82 Å². The summed E-state index contributed by atoms with van der Waals surface area (Å²) in [5, 5.41) is 3.66. The summed E-state index contributed by atoms with van der Waals surface area (Å²) in [5.74, 6) is 0.640. The summed E-state index contributed by atoms with van der Waals surface area (Å²) < 4.78 is 1.64. The Morgan fingerprint density at radius 3 is 2.69 bits per heavy atom. The van der Waals surface area contributed by atoms with Crippen molar-refractivity contribution < 1.29 is 4.79 Å². The standard InChI is InChI=1S/C20H18ClN3O2/c1-12-22-17-10-16(21)18(23-19(25)14-7-8-14)9-15(17)20(26)24(12)11-13-5-3-2-4-6-13/h2-6,9-10,14H,7-8,11H2,1H3,(H,23,25). The second-order valence-electron chi connectivity index (χ2n) is 6.65. The zero-order chi connectivity index (χ0) is 18.3. The van der Waals surface area contributed by atoms with Gasteiger partial charge in [0, 0.05) is 5.92 Å². The van der Waals surface area contributed by atoms with Gasteiger partial charge in [-0.3, -0.25) is 14.2 Å². The van der Waals surface area contributed by atoms with E-state index in [1.807, 2.05) is 30.3 Å². The molecule has 0 aliphatic heterocycles. The quantitative estimate of drug-likeness (QED) is 0.763. The van der Waals surface area contributed by atoms with E-state index in [4.69, 9.17) is 11.6 Å². The van der Waals surface area contributed by atoms with Crippen molar-refractivity contribution in [3.63, 3.8) is 0 Å². The lowest BCUT2D eigenvalue weighted by Gasteiger charge is -2.13. The van der Waals surface area contributed by atoms with Crippen molar-refractivity contribution in [2.75, 3.05) is 5.32 Å². The van der Waals surface area contributed by atoms with Gasteiger partial charge in [0.2, 0.25) is 5.91 Å². The number of aryl methyl sites for hydroxylation is 1. The maximum atomic E-state index is 13.0. The predicted molar refractivity (Wildman–Crippen MR) is 103 cm³/mol. The molecule has 3 aromatic rings. The molecule has 1 aliphatic carbocycles. The first-order valence-electron chi connectivity index (χ1n) is 8.58. The molecule has 1 heterocycles. The number of rotatable bonds is 4. The first-order chi connectivity index (χ1) is 12.5. The molecule has 1 amide bonds. The number of halogens is 1. The highest BCUT2D eigenvalue weighted by molar-refractivity contribution is 6.34. The number of benzene rings is 2. The lowest BCUT2D eigenvalue weighted by Crippen LogP contribution is -2.24. The molecule has 5 nitrogen and oxygen atoms in total. The number of aromatic nitrogens is 2. The fourth-order valence-electron chi connectivity index (χ4n) is 2.98. The van der Waals surface area contributed by atoms with Gasteiger partial charge in [-0.25, -0.2) is 4.98 Å². The lowest BCUT2D eigenvalue weighted by molar-refractivity contribution is -0.117. The maximum absolute atomic E-state index is 13.0. The average molecular weight is 368 g/mol. The average Bonchev–Trinajstić information content (AvgIpc) is 3.46.